The lowest BCUT2D eigenvalue weighted by Gasteiger charge is -2.32. The van der Waals surface area contributed by atoms with E-state index in [0.717, 1.165) is 5.75 Å². The van der Waals surface area contributed by atoms with Gasteiger partial charge in [-0.2, -0.15) is 0 Å². The molecule has 0 heterocycles. The van der Waals surface area contributed by atoms with Crippen LogP contribution in [0.15, 0.2) is 30.3 Å². The second kappa shape index (κ2) is 6.06. The van der Waals surface area contributed by atoms with E-state index in [2.05, 4.69) is 0 Å². The molecular weight excluding hydrogens is 212 g/mol. The number of benzene rings is 1. The van der Waals surface area contributed by atoms with Crippen LogP contribution in [0.5, 0.6) is 5.75 Å². The topological polar surface area (TPSA) is 29.5 Å². The zero-order valence-corrected chi connectivity index (χ0v) is 10.5. The minimum atomic E-state index is -0.404. The molecule has 1 aliphatic rings. The van der Waals surface area contributed by atoms with Crippen molar-refractivity contribution in [2.75, 3.05) is 0 Å². The van der Waals surface area contributed by atoms with Crippen molar-refractivity contribution in [1.82, 2.24) is 0 Å². The number of ether oxygens (including phenoxy) is 1. The first kappa shape index (κ1) is 12.4. The van der Waals surface area contributed by atoms with Crippen molar-refractivity contribution in [3.05, 3.63) is 30.3 Å². The molecule has 1 aromatic carbocycles. The average molecular weight is 234 g/mol. The molecule has 1 saturated carbocycles. The Morgan fingerprint density at radius 1 is 1.12 bits per heavy atom. The lowest BCUT2D eigenvalue weighted by atomic mass is 9.83. The summed E-state index contributed by atoms with van der Waals surface area (Å²) in [5.74, 6) is 1.37. The van der Waals surface area contributed by atoms with Crippen molar-refractivity contribution >= 4 is 0 Å². The molecule has 0 saturated heterocycles. The Hall–Kier alpha value is -1.02. The molecule has 0 aromatic heterocycles. The normalized spacial score (nSPS) is 20.8. The Morgan fingerprint density at radius 2 is 1.76 bits per heavy atom. The van der Waals surface area contributed by atoms with E-state index in [1.165, 1.54) is 32.1 Å². The molecule has 0 spiro atoms. The third kappa shape index (κ3) is 3.47. The maximum atomic E-state index is 9.90. The Bertz CT molecular complexity index is 315. The average Bonchev–Trinajstić information content (AvgIpc) is 2.38. The van der Waals surface area contributed by atoms with Crippen molar-refractivity contribution in [3.8, 4) is 5.75 Å². The molecule has 94 valence electrons. The fourth-order valence-electron chi connectivity index (χ4n) is 2.71. The number of aliphatic hydroxyl groups is 1. The van der Waals surface area contributed by atoms with Gasteiger partial charge in [0.15, 0.2) is 0 Å². The van der Waals surface area contributed by atoms with Crippen molar-refractivity contribution in [3.63, 3.8) is 0 Å². The van der Waals surface area contributed by atoms with Crippen LogP contribution in [-0.2, 0) is 0 Å². The number of hydrogen-bond acceptors (Lipinski definition) is 2. The summed E-state index contributed by atoms with van der Waals surface area (Å²) >= 11 is 0. The zero-order chi connectivity index (χ0) is 12.1. The number of aliphatic hydroxyl groups excluding tert-OH is 1. The van der Waals surface area contributed by atoms with Crippen molar-refractivity contribution in [2.24, 2.45) is 5.92 Å². The fraction of sp³-hybridized carbons (Fsp3) is 0.600. The number of para-hydroxylation sites is 1. The van der Waals surface area contributed by atoms with E-state index in [9.17, 15) is 5.11 Å². The van der Waals surface area contributed by atoms with E-state index >= 15 is 0 Å². The monoisotopic (exact) mass is 234 g/mol. The summed E-state index contributed by atoms with van der Waals surface area (Å²) in [6, 6.07) is 9.83. The summed E-state index contributed by atoms with van der Waals surface area (Å²) in [6.45, 7) is 1.84. The molecule has 2 unspecified atom stereocenters. The maximum Gasteiger partial charge on any atom is 0.127 e. The Kier molecular flexibility index (Phi) is 4.43. The van der Waals surface area contributed by atoms with Gasteiger partial charge in [0.1, 0.15) is 11.9 Å². The van der Waals surface area contributed by atoms with Crippen LogP contribution >= 0.6 is 0 Å². The van der Waals surface area contributed by atoms with Crippen molar-refractivity contribution < 1.29 is 9.84 Å². The third-order valence-corrected chi connectivity index (χ3v) is 3.61. The van der Waals surface area contributed by atoms with Crippen LogP contribution in [0.3, 0.4) is 0 Å². The van der Waals surface area contributed by atoms with Gasteiger partial charge in [-0.3, -0.25) is 0 Å². The molecule has 0 aliphatic heterocycles. The molecule has 1 N–H and O–H groups in total. The van der Waals surface area contributed by atoms with Crippen LogP contribution in [0.25, 0.3) is 0 Å². The van der Waals surface area contributed by atoms with Gasteiger partial charge in [-0.1, -0.05) is 37.5 Å². The predicted molar refractivity (Wildman–Crippen MR) is 69.1 cm³/mol. The molecule has 1 fully saturated rings. The second-order valence-corrected chi connectivity index (χ2v) is 5.03. The molecule has 2 rings (SSSR count). The van der Waals surface area contributed by atoms with Gasteiger partial charge in [0.05, 0.1) is 6.10 Å². The highest BCUT2D eigenvalue weighted by molar-refractivity contribution is 5.21. The van der Waals surface area contributed by atoms with Crippen LogP contribution < -0.4 is 4.74 Å². The summed E-state index contributed by atoms with van der Waals surface area (Å²) in [5, 5.41) is 9.90. The number of rotatable bonds is 4. The van der Waals surface area contributed by atoms with Gasteiger partial charge in [0.25, 0.3) is 0 Å². The van der Waals surface area contributed by atoms with Gasteiger partial charge in [0, 0.05) is 0 Å². The first-order valence-corrected chi connectivity index (χ1v) is 6.67. The Balaban J connectivity index is 2.01. The highest BCUT2D eigenvalue weighted by Crippen LogP contribution is 2.30. The predicted octanol–water partition coefficient (Wildman–Crippen LogP) is 3.40. The Morgan fingerprint density at radius 3 is 2.35 bits per heavy atom. The summed E-state index contributed by atoms with van der Waals surface area (Å²) in [5.41, 5.74) is 0. The van der Waals surface area contributed by atoms with Gasteiger partial charge >= 0.3 is 0 Å². The molecule has 2 heteroatoms. The first-order chi connectivity index (χ1) is 8.27. The standard InChI is InChI=1S/C15H22O2/c1-12(16)15(13-8-4-2-5-9-13)17-14-10-6-3-7-11-14/h3,6-7,10-13,15-16H,2,4-5,8-9H2,1H3. The summed E-state index contributed by atoms with van der Waals surface area (Å²) in [7, 11) is 0. The molecule has 1 aliphatic carbocycles. The molecule has 1 aromatic rings. The lowest BCUT2D eigenvalue weighted by molar-refractivity contribution is -0.000338. The van der Waals surface area contributed by atoms with Crippen LogP contribution in [-0.4, -0.2) is 17.3 Å². The first-order valence-electron chi connectivity index (χ1n) is 6.67. The van der Waals surface area contributed by atoms with Crippen LogP contribution in [0.4, 0.5) is 0 Å². The summed E-state index contributed by atoms with van der Waals surface area (Å²) in [6.07, 6.45) is 5.77. The van der Waals surface area contributed by atoms with E-state index in [0.29, 0.717) is 5.92 Å². The van der Waals surface area contributed by atoms with Crippen molar-refractivity contribution in [2.45, 2.75) is 51.2 Å². The van der Waals surface area contributed by atoms with E-state index in [1.54, 1.807) is 0 Å². The molecule has 2 atom stereocenters. The molecule has 2 nitrogen and oxygen atoms in total. The maximum absolute atomic E-state index is 9.90. The highest BCUT2D eigenvalue weighted by Gasteiger charge is 2.28. The summed E-state index contributed by atoms with van der Waals surface area (Å²) in [4.78, 5) is 0. The van der Waals surface area contributed by atoms with Gasteiger partial charge in [-0.15, -0.1) is 0 Å². The van der Waals surface area contributed by atoms with Crippen LogP contribution in [0, 0.1) is 5.92 Å². The molecule has 0 bridgehead atoms. The van der Waals surface area contributed by atoms with Gasteiger partial charge in [-0.05, 0) is 37.8 Å². The smallest absolute Gasteiger partial charge is 0.127 e. The largest absolute Gasteiger partial charge is 0.487 e. The van der Waals surface area contributed by atoms with Gasteiger partial charge in [0.2, 0.25) is 0 Å². The quantitative estimate of drug-likeness (QED) is 0.865. The van der Waals surface area contributed by atoms with Gasteiger partial charge in [-0.25, -0.2) is 0 Å². The summed E-state index contributed by atoms with van der Waals surface area (Å²) < 4.78 is 5.97. The third-order valence-electron chi connectivity index (χ3n) is 3.61. The molecular formula is C15H22O2. The van der Waals surface area contributed by atoms with Crippen LogP contribution in [0.1, 0.15) is 39.0 Å². The highest BCUT2D eigenvalue weighted by atomic mass is 16.5. The Labute approximate surface area is 104 Å². The minimum Gasteiger partial charge on any atom is -0.487 e. The molecule has 17 heavy (non-hydrogen) atoms. The van der Waals surface area contributed by atoms with Crippen LogP contribution in [0.2, 0.25) is 0 Å². The zero-order valence-electron chi connectivity index (χ0n) is 10.5. The lowest BCUT2D eigenvalue weighted by Crippen LogP contribution is -2.37. The van der Waals surface area contributed by atoms with E-state index < -0.39 is 6.10 Å². The number of hydrogen-bond donors (Lipinski definition) is 1. The SMILES string of the molecule is CC(O)C(Oc1ccccc1)C1CCCCC1. The fourth-order valence-corrected chi connectivity index (χ4v) is 2.71. The minimum absolute atomic E-state index is 0.0577. The van der Waals surface area contributed by atoms with E-state index in [-0.39, 0.29) is 6.10 Å². The molecule has 0 amide bonds. The van der Waals surface area contributed by atoms with Crippen molar-refractivity contribution in [1.29, 1.82) is 0 Å². The van der Waals surface area contributed by atoms with E-state index in [1.807, 2.05) is 37.3 Å². The van der Waals surface area contributed by atoms with E-state index in [4.69, 9.17) is 4.74 Å². The molecule has 0 radical (unpaired) electrons. The second-order valence-electron chi connectivity index (χ2n) is 5.03. The van der Waals surface area contributed by atoms with Gasteiger partial charge < -0.3 is 9.84 Å².